The third kappa shape index (κ3) is 4.56. The van der Waals surface area contributed by atoms with Crippen molar-refractivity contribution in [2.24, 2.45) is 0 Å². The Morgan fingerprint density at radius 1 is 1.06 bits per heavy atom. The summed E-state index contributed by atoms with van der Waals surface area (Å²) < 4.78 is 27.4. The summed E-state index contributed by atoms with van der Waals surface area (Å²) in [6.07, 6.45) is 2.64. The van der Waals surface area contributed by atoms with Crippen molar-refractivity contribution < 1.29 is 28.5 Å². The number of methoxy groups -OCH3 is 2. The zero-order valence-electron chi connectivity index (χ0n) is 18.1. The number of para-hydroxylation sites is 1. The molecule has 0 aromatic heterocycles. The standard InChI is InChI=1S/C24H29NO6/c1-27-20-5-3-4-17(23(20)28-2)6-9-22(26)25-15-24(10-12-29-13-11-24)18-7-8-19-21(14-18)31-16-30-19/h3-5,7-8,14H,6,9-13,15-16H2,1-2H3,(H,25,26). The van der Waals surface area contributed by atoms with Crippen LogP contribution in [0.5, 0.6) is 23.0 Å². The molecular weight excluding hydrogens is 398 g/mol. The number of carbonyl (C=O) groups is 1. The number of benzene rings is 2. The van der Waals surface area contributed by atoms with E-state index in [1.807, 2.05) is 30.3 Å². The van der Waals surface area contributed by atoms with Crippen LogP contribution >= 0.6 is 0 Å². The average molecular weight is 427 g/mol. The van der Waals surface area contributed by atoms with Crippen LogP contribution in [0, 0.1) is 0 Å². The van der Waals surface area contributed by atoms with E-state index < -0.39 is 0 Å². The van der Waals surface area contributed by atoms with Crippen LogP contribution in [0.2, 0.25) is 0 Å². The van der Waals surface area contributed by atoms with Crippen molar-refractivity contribution in [3.05, 3.63) is 47.5 Å². The molecule has 2 aliphatic rings. The second-order valence-corrected chi connectivity index (χ2v) is 7.89. The number of amides is 1. The highest BCUT2D eigenvalue weighted by molar-refractivity contribution is 5.76. The Balaban J connectivity index is 1.42. The smallest absolute Gasteiger partial charge is 0.231 e. The Morgan fingerprint density at radius 2 is 1.87 bits per heavy atom. The summed E-state index contributed by atoms with van der Waals surface area (Å²) in [6, 6.07) is 11.8. The predicted octanol–water partition coefficient (Wildman–Crippen LogP) is 3.23. The number of nitrogens with one attached hydrogen (secondary N) is 1. The Hall–Kier alpha value is -2.93. The monoisotopic (exact) mass is 427 g/mol. The predicted molar refractivity (Wildman–Crippen MR) is 115 cm³/mol. The molecule has 1 N–H and O–H groups in total. The molecule has 0 spiro atoms. The lowest BCUT2D eigenvalue weighted by atomic mass is 9.74. The van der Waals surface area contributed by atoms with Gasteiger partial charge in [-0.05, 0) is 48.6 Å². The SMILES string of the molecule is COc1cccc(CCC(=O)NCC2(c3ccc4c(c3)OCO4)CCOCC2)c1OC. The van der Waals surface area contributed by atoms with Gasteiger partial charge in [0.15, 0.2) is 23.0 Å². The zero-order valence-corrected chi connectivity index (χ0v) is 18.1. The molecule has 0 bridgehead atoms. The van der Waals surface area contributed by atoms with Crippen LogP contribution in [0.1, 0.15) is 30.4 Å². The van der Waals surface area contributed by atoms with Crippen molar-refractivity contribution in [3.63, 3.8) is 0 Å². The molecule has 4 rings (SSSR count). The first-order valence-electron chi connectivity index (χ1n) is 10.6. The third-order valence-corrected chi connectivity index (χ3v) is 6.16. The first-order valence-corrected chi connectivity index (χ1v) is 10.6. The molecule has 0 unspecified atom stereocenters. The van der Waals surface area contributed by atoms with Crippen molar-refractivity contribution in [1.29, 1.82) is 0 Å². The summed E-state index contributed by atoms with van der Waals surface area (Å²) in [4.78, 5) is 12.7. The lowest BCUT2D eigenvalue weighted by Gasteiger charge is -2.38. The van der Waals surface area contributed by atoms with Crippen LogP contribution in [0.4, 0.5) is 0 Å². The molecule has 0 saturated carbocycles. The molecular formula is C24H29NO6. The lowest BCUT2D eigenvalue weighted by molar-refractivity contribution is -0.121. The Labute approximate surface area is 182 Å². The number of fused-ring (bicyclic) bond motifs is 1. The van der Waals surface area contributed by atoms with Gasteiger partial charge in [-0.15, -0.1) is 0 Å². The van der Waals surface area contributed by atoms with E-state index in [0.29, 0.717) is 44.1 Å². The molecule has 2 aliphatic heterocycles. The fourth-order valence-electron chi connectivity index (χ4n) is 4.31. The van der Waals surface area contributed by atoms with Gasteiger partial charge in [0, 0.05) is 31.6 Å². The Kier molecular flexibility index (Phi) is 6.51. The van der Waals surface area contributed by atoms with Crippen LogP contribution in [0.15, 0.2) is 36.4 Å². The average Bonchev–Trinajstić information content (AvgIpc) is 3.29. The van der Waals surface area contributed by atoms with E-state index in [-0.39, 0.29) is 18.1 Å². The van der Waals surface area contributed by atoms with E-state index >= 15 is 0 Å². The van der Waals surface area contributed by atoms with Crippen LogP contribution in [-0.4, -0.2) is 46.7 Å². The molecule has 1 saturated heterocycles. The van der Waals surface area contributed by atoms with Crippen LogP contribution in [-0.2, 0) is 21.4 Å². The summed E-state index contributed by atoms with van der Waals surface area (Å²) in [5, 5.41) is 3.16. The normalized spacial score (nSPS) is 16.6. The second-order valence-electron chi connectivity index (χ2n) is 7.89. The van der Waals surface area contributed by atoms with E-state index in [1.54, 1.807) is 14.2 Å². The summed E-state index contributed by atoms with van der Waals surface area (Å²) in [5.74, 6) is 2.89. The van der Waals surface area contributed by atoms with Crippen molar-refractivity contribution >= 4 is 5.91 Å². The highest BCUT2D eigenvalue weighted by atomic mass is 16.7. The number of aryl methyl sites for hydroxylation is 1. The molecule has 166 valence electrons. The van der Waals surface area contributed by atoms with Crippen LogP contribution < -0.4 is 24.3 Å². The maximum atomic E-state index is 12.7. The van der Waals surface area contributed by atoms with E-state index in [1.165, 1.54) is 0 Å². The van der Waals surface area contributed by atoms with E-state index in [2.05, 4.69) is 11.4 Å². The van der Waals surface area contributed by atoms with Crippen molar-refractivity contribution in [1.82, 2.24) is 5.32 Å². The number of ether oxygens (including phenoxy) is 5. The number of carbonyl (C=O) groups excluding carboxylic acids is 1. The minimum atomic E-state index is -0.178. The number of rotatable bonds is 8. The molecule has 2 heterocycles. The van der Waals surface area contributed by atoms with Gasteiger partial charge in [0.05, 0.1) is 14.2 Å². The maximum Gasteiger partial charge on any atom is 0.231 e. The quantitative estimate of drug-likeness (QED) is 0.697. The molecule has 2 aromatic rings. The van der Waals surface area contributed by atoms with E-state index in [4.69, 9.17) is 23.7 Å². The molecule has 7 heteroatoms. The highest BCUT2D eigenvalue weighted by Gasteiger charge is 2.36. The molecule has 2 aromatic carbocycles. The molecule has 1 amide bonds. The molecule has 31 heavy (non-hydrogen) atoms. The molecule has 0 radical (unpaired) electrons. The topological polar surface area (TPSA) is 75.3 Å². The zero-order chi connectivity index (χ0) is 21.7. The molecule has 0 aliphatic carbocycles. The van der Waals surface area contributed by atoms with Gasteiger partial charge in [-0.3, -0.25) is 4.79 Å². The van der Waals surface area contributed by atoms with Gasteiger partial charge in [0.1, 0.15) is 0 Å². The van der Waals surface area contributed by atoms with Crippen molar-refractivity contribution in [2.75, 3.05) is 40.8 Å². The fourth-order valence-corrected chi connectivity index (χ4v) is 4.31. The molecule has 1 fully saturated rings. The summed E-state index contributed by atoms with van der Waals surface area (Å²) in [6.45, 7) is 2.15. The number of hydrogen-bond donors (Lipinski definition) is 1. The van der Waals surface area contributed by atoms with Gasteiger partial charge in [-0.1, -0.05) is 18.2 Å². The van der Waals surface area contributed by atoms with Gasteiger partial charge in [0.2, 0.25) is 12.7 Å². The molecule has 7 nitrogen and oxygen atoms in total. The van der Waals surface area contributed by atoms with Gasteiger partial charge in [-0.2, -0.15) is 0 Å². The highest BCUT2D eigenvalue weighted by Crippen LogP contribution is 2.40. The van der Waals surface area contributed by atoms with Crippen molar-refractivity contribution in [3.8, 4) is 23.0 Å². The Morgan fingerprint density at radius 3 is 2.65 bits per heavy atom. The Bertz CT molecular complexity index is 922. The second kappa shape index (κ2) is 9.47. The lowest BCUT2D eigenvalue weighted by Crippen LogP contribution is -2.44. The first-order chi connectivity index (χ1) is 15.1. The fraction of sp³-hybridized carbons (Fsp3) is 0.458. The van der Waals surface area contributed by atoms with E-state index in [9.17, 15) is 4.79 Å². The van der Waals surface area contributed by atoms with Crippen molar-refractivity contribution in [2.45, 2.75) is 31.1 Å². The summed E-state index contributed by atoms with van der Waals surface area (Å²) in [5.41, 5.74) is 1.92. The third-order valence-electron chi connectivity index (χ3n) is 6.16. The van der Waals surface area contributed by atoms with Gasteiger partial charge in [-0.25, -0.2) is 0 Å². The van der Waals surface area contributed by atoms with Gasteiger partial charge in [0.25, 0.3) is 0 Å². The van der Waals surface area contributed by atoms with Crippen LogP contribution in [0.25, 0.3) is 0 Å². The summed E-state index contributed by atoms with van der Waals surface area (Å²) >= 11 is 0. The molecule has 0 atom stereocenters. The first kappa shape index (κ1) is 21.3. The largest absolute Gasteiger partial charge is 0.493 e. The van der Waals surface area contributed by atoms with Gasteiger partial charge < -0.3 is 29.0 Å². The van der Waals surface area contributed by atoms with Crippen LogP contribution in [0.3, 0.4) is 0 Å². The minimum Gasteiger partial charge on any atom is -0.493 e. The summed E-state index contributed by atoms with van der Waals surface area (Å²) in [7, 11) is 3.22. The number of hydrogen-bond acceptors (Lipinski definition) is 6. The van der Waals surface area contributed by atoms with Gasteiger partial charge >= 0.3 is 0 Å². The maximum absolute atomic E-state index is 12.7. The minimum absolute atomic E-state index is 0.0106. The van der Waals surface area contributed by atoms with E-state index in [0.717, 1.165) is 35.5 Å².